The molecule has 1 aromatic rings. The minimum Gasteiger partial charge on any atom is -0.454 e. The number of hydrogen-bond acceptors (Lipinski definition) is 6. The number of hydrogen-bond donors (Lipinski definition) is 1. The minimum atomic E-state index is -1.02. The van der Waals surface area contributed by atoms with Crippen LogP contribution >= 0.6 is 11.6 Å². The Balaban J connectivity index is 2.02. The molecule has 2 amide bonds. The maximum Gasteiger partial charge on any atom is 0.329 e. The quantitative estimate of drug-likeness (QED) is 0.366. The fourth-order valence-electron chi connectivity index (χ4n) is 3.58. The number of piperidine rings is 1. The summed E-state index contributed by atoms with van der Waals surface area (Å²) >= 11 is 5.77. The van der Waals surface area contributed by atoms with Gasteiger partial charge in [-0.1, -0.05) is 32.4 Å². The Morgan fingerprint density at radius 2 is 2.03 bits per heavy atom. The molecule has 10 heteroatoms. The molecule has 1 saturated heterocycles. The highest BCUT2D eigenvalue weighted by molar-refractivity contribution is 6.32. The topological polar surface area (TPSA) is 119 Å². The Bertz CT molecular complexity index is 844. The Morgan fingerprint density at radius 3 is 2.65 bits per heavy atom. The van der Waals surface area contributed by atoms with Gasteiger partial charge in [0.2, 0.25) is 0 Å². The summed E-state index contributed by atoms with van der Waals surface area (Å²) in [5.74, 6) is -1.98. The molecule has 2 atom stereocenters. The van der Waals surface area contributed by atoms with Crippen LogP contribution in [0.25, 0.3) is 0 Å². The van der Waals surface area contributed by atoms with Crippen LogP contribution in [-0.4, -0.2) is 52.8 Å². The van der Waals surface area contributed by atoms with Crippen LogP contribution in [-0.2, 0) is 14.3 Å². The summed E-state index contributed by atoms with van der Waals surface area (Å²) in [6.45, 7) is 5.72. The third-order valence-corrected chi connectivity index (χ3v) is 5.69. The van der Waals surface area contributed by atoms with Gasteiger partial charge in [0.15, 0.2) is 6.61 Å². The first-order valence-corrected chi connectivity index (χ1v) is 10.7. The van der Waals surface area contributed by atoms with Crippen LogP contribution in [0.15, 0.2) is 18.2 Å². The van der Waals surface area contributed by atoms with E-state index in [0.29, 0.717) is 6.54 Å². The molecule has 0 spiro atoms. The lowest BCUT2D eigenvalue weighted by molar-refractivity contribution is -0.384. The summed E-state index contributed by atoms with van der Waals surface area (Å²) in [5, 5.41) is 13.5. The monoisotopic (exact) mass is 453 g/mol. The lowest BCUT2D eigenvalue weighted by atomic mass is 10.00. The second-order valence-corrected chi connectivity index (χ2v) is 8.28. The van der Waals surface area contributed by atoms with E-state index in [1.165, 1.54) is 12.1 Å². The lowest BCUT2D eigenvalue weighted by Crippen LogP contribution is -2.48. The van der Waals surface area contributed by atoms with E-state index < -0.39 is 28.5 Å². The largest absolute Gasteiger partial charge is 0.454 e. The molecule has 0 radical (unpaired) electrons. The zero-order chi connectivity index (χ0) is 23.1. The third-order valence-electron chi connectivity index (χ3n) is 5.37. The Hall–Kier alpha value is -2.68. The molecule has 1 aliphatic heterocycles. The second-order valence-electron chi connectivity index (χ2n) is 7.87. The number of nitrogens with zero attached hydrogens (tertiary/aromatic N) is 2. The predicted molar refractivity (Wildman–Crippen MR) is 115 cm³/mol. The average molecular weight is 454 g/mol. The Kier molecular flexibility index (Phi) is 8.79. The first-order valence-electron chi connectivity index (χ1n) is 10.4. The van der Waals surface area contributed by atoms with Crippen LogP contribution in [0.5, 0.6) is 0 Å². The van der Waals surface area contributed by atoms with Crippen molar-refractivity contribution in [2.45, 2.75) is 58.5 Å². The SMILES string of the molecule is CCC1CCCCN1C(=O)COC(=O)C(NC(=O)c1ccc(Cl)c([N+](=O)[O-])c1)C(C)C. The third kappa shape index (κ3) is 6.40. The number of nitro benzene ring substituents is 1. The molecular weight excluding hydrogens is 426 g/mol. The molecule has 1 aliphatic rings. The molecular formula is C21H28ClN3O6. The second kappa shape index (κ2) is 11.1. The normalized spacial score (nSPS) is 17.2. The maximum atomic E-state index is 12.6. The van der Waals surface area contributed by atoms with Gasteiger partial charge in [-0.15, -0.1) is 0 Å². The zero-order valence-electron chi connectivity index (χ0n) is 17.9. The number of ether oxygens (including phenoxy) is 1. The first kappa shape index (κ1) is 24.6. The standard InChI is InChI=1S/C21H28ClN3O6/c1-4-15-7-5-6-10-24(15)18(26)12-31-21(28)19(13(2)3)23-20(27)14-8-9-16(22)17(11-14)25(29)30/h8-9,11,13,15,19H,4-7,10,12H2,1-3H3,(H,23,27). The summed E-state index contributed by atoms with van der Waals surface area (Å²) in [4.78, 5) is 49.8. The van der Waals surface area contributed by atoms with E-state index in [4.69, 9.17) is 16.3 Å². The van der Waals surface area contributed by atoms with Crippen LogP contribution in [0, 0.1) is 16.0 Å². The van der Waals surface area contributed by atoms with E-state index >= 15 is 0 Å². The predicted octanol–water partition coefficient (Wildman–Crippen LogP) is 3.34. The summed E-state index contributed by atoms with van der Waals surface area (Å²) in [7, 11) is 0. The Morgan fingerprint density at radius 1 is 1.32 bits per heavy atom. The van der Waals surface area contributed by atoms with Crippen LogP contribution in [0.3, 0.4) is 0 Å². The van der Waals surface area contributed by atoms with Crippen LogP contribution < -0.4 is 5.32 Å². The van der Waals surface area contributed by atoms with Crippen molar-refractivity contribution in [3.63, 3.8) is 0 Å². The number of halogens is 1. The number of esters is 1. The fraction of sp³-hybridized carbons (Fsp3) is 0.571. The van der Waals surface area contributed by atoms with E-state index in [9.17, 15) is 24.5 Å². The van der Waals surface area contributed by atoms with Gasteiger partial charge in [-0.2, -0.15) is 0 Å². The van der Waals surface area contributed by atoms with Crippen LogP contribution in [0.2, 0.25) is 5.02 Å². The summed E-state index contributed by atoms with van der Waals surface area (Å²) in [6.07, 6.45) is 3.78. The highest BCUT2D eigenvalue weighted by Gasteiger charge is 2.30. The number of rotatable bonds is 8. The molecule has 1 heterocycles. The van der Waals surface area contributed by atoms with Crippen molar-refractivity contribution < 1.29 is 24.0 Å². The maximum absolute atomic E-state index is 12.6. The number of benzene rings is 1. The van der Waals surface area contributed by atoms with Gasteiger partial charge in [-0.3, -0.25) is 19.7 Å². The van der Waals surface area contributed by atoms with Gasteiger partial charge in [0, 0.05) is 24.2 Å². The van der Waals surface area contributed by atoms with Crippen molar-refractivity contribution in [1.82, 2.24) is 10.2 Å². The van der Waals surface area contributed by atoms with E-state index in [0.717, 1.165) is 31.7 Å². The number of carbonyl (C=O) groups excluding carboxylic acids is 3. The summed E-state index contributed by atoms with van der Waals surface area (Å²) in [5.41, 5.74) is -0.416. The lowest BCUT2D eigenvalue weighted by Gasteiger charge is -2.35. The highest BCUT2D eigenvalue weighted by atomic mass is 35.5. The van der Waals surface area contributed by atoms with Gasteiger partial charge < -0.3 is 15.0 Å². The van der Waals surface area contributed by atoms with Gasteiger partial charge in [0.05, 0.1) is 4.92 Å². The molecule has 1 fully saturated rings. The van der Waals surface area contributed by atoms with E-state index in [-0.39, 0.29) is 35.1 Å². The molecule has 0 saturated carbocycles. The molecule has 1 aromatic carbocycles. The van der Waals surface area contributed by atoms with Crippen molar-refractivity contribution in [3.05, 3.63) is 38.9 Å². The number of nitrogens with one attached hydrogen (secondary N) is 1. The molecule has 0 aliphatic carbocycles. The van der Waals surface area contributed by atoms with Crippen molar-refractivity contribution in [2.24, 2.45) is 5.92 Å². The van der Waals surface area contributed by atoms with Gasteiger partial charge in [-0.05, 0) is 43.7 Å². The molecule has 2 rings (SSSR count). The van der Waals surface area contributed by atoms with Gasteiger partial charge in [0.1, 0.15) is 11.1 Å². The van der Waals surface area contributed by atoms with E-state index in [1.807, 2.05) is 6.92 Å². The molecule has 170 valence electrons. The number of nitro groups is 1. The van der Waals surface area contributed by atoms with E-state index in [1.54, 1.807) is 18.7 Å². The van der Waals surface area contributed by atoms with Crippen LogP contribution in [0.4, 0.5) is 5.69 Å². The molecule has 0 bridgehead atoms. The fourth-order valence-corrected chi connectivity index (χ4v) is 3.76. The zero-order valence-corrected chi connectivity index (χ0v) is 18.7. The van der Waals surface area contributed by atoms with Crippen LogP contribution in [0.1, 0.15) is 56.8 Å². The van der Waals surface area contributed by atoms with Crippen molar-refractivity contribution >= 4 is 35.1 Å². The number of amides is 2. The number of carbonyl (C=O) groups is 3. The molecule has 0 aromatic heterocycles. The smallest absolute Gasteiger partial charge is 0.329 e. The number of likely N-dealkylation sites (tertiary alicyclic amines) is 1. The van der Waals surface area contributed by atoms with Crippen molar-refractivity contribution in [3.8, 4) is 0 Å². The molecule has 2 unspecified atom stereocenters. The molecule has 9 nitrogen and oxygen atoms in total. The van der Waals surface area contributed by atoms with Gasteiger partial charge >= 0.3 is 5.97 Å². The van der Waals surface area contributed by atoms with Gasteiger partial charge in [-0.25, -0.2) is 4.79 Å². The highest BCUT2D eigenvalue weighted by Crippen LogP contribution is 2.25. The summed E-state index contributed by atoms with van der Waals surface area (Å²) < 4.78 is 5.22. The average Bonchev–Trinajstić information content (AvgIpc) is 2.75. The van der Waals surface area contributed by atoms with Crippen molar-refractivity contribution in [2.75, 3.05) is 13.2 Å². The minimum absolute atomic E-state index is 0.00951. The molecule has 1 N–H and O–H groups in total. The summed E-state index contributed by atoms with van der Waals surface area (Å²) in [6, 6.07) is 2.77. The van der Waals surface area contributed by atoms with E-state index in [2.05, 4.69) is 5.32 Å². The first-order chi connectivity index (χ1) is 14.6. The van der Waals surface area contributed by atoms with Crippen molar-refractivity contribution in [1.29, 1.82) is 0 Å². The molecule has 31 heavy (non-hydrogen) atoms. The Labute approximate surface area is 186 Å². The van der Waals surface area contributed by atoms with Gasteiger partial charge in [0.25, 0.3) is 17.5 Å².